The minimum atomic E-state index is -0.243. The van der Waals surface area contributed by atoms with E-state index in [1.165, 1.54) is 12.1 Å². The lowest BCUT2D eigenvalue weighted by Crippen LogP contribution is -1.97. The normalized spacial score (nSPS) is 9.12. The number of halogens is 3. The van der Waals surface area contributed by atoms with Crippen LogP contribution in [0.3, 0.4) is 0 Å². The van der Waals surface area contributed by atoms with Gasteiger partial charge in [-0.3, -0.25) is 0 Å². The van der Waals surface area contributed by atoms with Gasteiger partial charge in [0.2, 0.25) is 0 Å². The molecular formula is C10H12Cl2FN3. The molecule has 88 valence electrons. The molecule has 0 aliphatic rings. The second-order valence-electron chi connectivity index (χ2n) is 2.95. The van der Waals surface area contributed by atoms with Crippen LogP contribution in [-0.4, -0.2) is 9.97 Å². The molecule has 0 spiro atoms. The van der Waals surface area contributed by atoms with Crippen molar-refractivity contribution in [3.05, 3.63) is 42.1 Å². The quantitative estimate of drug-likeness (QED) is 0.875. The number of aromatic amines is 1. The Morgan fingerprint density at radius 3 is 2.31 bits per heavy atom. The Hall–Kier alpha value is -1.10. The summed E-state index contributed by atoms with van der Waals surface area (Å²) >= 11 is 0. The molecule has 0 aliphatic carbocycles. The third-order valence-corrected chi connectivity index (χ3v) is 1.98. The molecule has 0 unspecified atom stereocenters. The number of H-pyrrole nitrogens is 1. The fourth-order valence-electron chi connectivity index (χ4n) is 1.24. The van der Waals surface area contributed by atoms with Crippen molar-refractivity contribution in [2.75, 3.05) is 0 Å². The number of nitrogens with two attached hydrogens (primary N) is 1. The number of hydrogen-bond acceptors (Lipinski definition) is 2. The van der Waals surface area contributed by atoms with Crippen molar-refractivity contribution in [2.24, 2.45) is 5.73 Å². The monoisotopic (exact) mass is 263 g/mol. The van der Waals surface area contributed by atoms with Crippen LogP contribution < -0.4 is 5.73 Å². The fraction of sp³-hybridized carbons (Fsp3) is 0.100. The molecule has 1 heterocycles. The highest BCUT2D eigenvalue weighted by Crippen LogP contribution is 2.16. The first kappa shape index (κ1) is 14.9. The lowest BCUT2D eigenvalue weighted by molar-refractivity contribution is 0.628. The maximum Gasteiger partial charge on any atom is 0.123 e. The standard InChI is InChI=1S/C10H10FN3.2ClH/c11-8-3-1-7(2-4-8)9-6-13-10(5-12)14-9;;/h1-4,6H,5,12H2,(H,13,14);2*1H. The number of rotatable bonds is 2. The average molecular weight is 264 g/mol. The molecule has 3 N–H and O–H groups in total. The SMILES string of the molecule is Cl.Cl.NCc1ncc(-c2ccc(F)cc2)[nH]1. The molecule has 0 saturated carbocycles. The van der Waals surface area contributed by atoms with Crippen LogP contribution in [0.4, 0.5) is 4.39 Å². The van der Waals surface area contributed by atoms with E-state index in [1.54, 1.807) is 18.3 Å². The molecule has 0 amide bonds. The van der Waals surface area contributed by atoms with Crippen LogP contribution in [0.5, 0.6) is 0 Å². The van der Waals surface area contributed by atoms with Gasteiger partial charge in [0.15, 0.2) is 0 Å². The Labute approximate surface area is 105 Å². The van der Waals surface area contributed by atoms with Gasteiger partial charge < -0.3 is 10.7 Å². The second-order valence-corrected chi connectivity index (χ2v) is 2.95. The van der Waals surface area contributed by atoms with Gasteiger partial charge in [-0.2, -0.15) is 0 Å². The lowest BCUT2D eigenvalue weighted by atomic mass is 10.2. The highest BCUT2D eigenvalue weighted by atomic mass is 35.5. The zero-order valence-corrected chi connectivity index (χ0v) is 9.95. The first-order valence-corrected chi connectivity index (χ1v) is 4.29. The van der Waals surface area contributed by atoms with Crippen LogP contribution in [0.1, 0.15) is 5.82 Å². The van der Waals surface area contributed by atoms with Crippen LogP contribution in [0.2, 0.25) is 0 Å². The van der Waals surface area contributed by atoms with E-state index in [0.717, 1.165) is 17.1 Å². The number of aromatic nitrogens is 2. The topological polar surface area (TPSA) is 54.7 Å². The zero-order valence-electron chi connectivity index (χ0n) is 8.31. The first-order valence-electron chi connectivity index (χ1n) is 4.29. The van der Waals surface area contributed by atoms with Crippen LogP contribution in [0.25, 0.3) is 11.3 Å². The number of hydrogen-bond donors (Lipinski definition) is 2. The van der Waals surface area contributed by atoms with E-state index >= 15 is 0 Å². The van der Waals surface area contributed by atoms with E-state index in [4.69, 9.17) is 5.73 Å². The van der Waals surface area contributed by atoms with E-state index in [0.29, 0.717) is 6.54 Å². The van der Waals surface area contributed by atoms with Crippen molar-refractivity contribution < 1.29 is 4.39 Å². The molecule has 2 aromatic rings. The van der Waals surface area contributed by atoms with E-state index in [9.17, 15) is 4.39 Å². The van der Waals surface area contributed by atoms with Crippen LogP contribution >= 0.6 is 24.8 Å². The average Bonchev–Trinajstić information content (AvgIpc) is 2.67. The van der Waals surface area contributed by atoms with Crippen molar-refractivity contribution in [1.29, 1.82) is 0 Å². The minimum Gasteiger partial charge on any atom is -0.341 e. The van der Waals surface area contributed by atoms with Crippen LogP contribution in [-0.2, 0) is 6.54 Å². The highest BCUT2D eigenvalue weighted by molar-refractivity contribution is 5.85. The van der Waals surface area contributed by atoms with Crippen molar-refractivity contribution in [3.63, 3.8) is 0 Å². The Bertz CT molecular complexity index is 428. The molecule has 2 rings (SSSR count). The Morgan fingerprint density at radius 1 is 1.19 bits per heavy atom. The van der Waals surface area contributed by atoms with Gasteiger partial charge in [-0.05, 0) is 29.8 Å². The summed E-state index contributed by atoms with van der Waals surface area (Å²) in [5.74, 6) is 0.483. The Morgan fingerprint density at radius 2 is 1.81 bits per heavy atom. The lowest BCUT2D eigenvalue weighted by Gasteiger charge is -1.96. The molecule has 1 aromatic carbocycles. The largest absolute Gasteiger partial charge is 0.341 e. The van der Waals surface area contributed by atoms with Gasteiger partial charge in [-0.15, -0.1) is 24.8 Å². The highest BCUT2D eigenvalue weighted by Gasteiger charge is 2.01. The summed E-state index contributed by atoms with van der Waals surface area (Å²) in [6.45, 7) is 0.376. The summed E-state index contributed by atoms with van der Waals surface area (Å²) in [6.07, 6.45) is 1.69. The second kappa shape index (κ2) is 6.48. The maximum absolute atomic E-state index is 12.6. The summed E-state index contributed by atoms with van der Waals surface area (Å²) in [7, 11) is 0. The van der Waals surface area contributed by atoms with Gasteiger partial charge in [-0.1, -0.05) is 0 Å². The number of nitrogens with one attached hydrogen (secondary N) is 1. The molecule has 0 atom stereocenters. The summed E-state index contributed by atoms with van der Waals surface area (Å²) < 4.78 is 12.6. The first-order chi connectivity index (χ1) is 6.79. The predicted molar refractivity (Wildman–Crippen MR) is 66.4 cm³/mol. The van der Waals surface area contributed by atoms with Gasteiger partial charge in [-0.25, -0.2) is 9.37 Å². The molecule has 1 aromatic heterocycles. The van der Waals surface area contributed by atoms with Gasteiger partial charge in [0.05, 0.1) is 18.4 Å². The predicted octanol–water partition coefficient (Wildman–Crippen LogP) is 2.52. The van der Waals surface area contributed by atoms with Crippen LogP contribution in [0, 0.1) is 5.82 Å². The third-order valence-electron chi connectivity index (χ3n) is 1.98. The van der Waals surface area contributed by atoms with Crippen molar-refractivity contribution in [3.8, 4) is 11.3 Å². The van der Waals surface area contributed by atoms with E-state index in [1.807, 2.05) is 0 Å². The van der Waals surface area contributed by atoms with E-state index in [2.05, 4.69) is 9.97 Å². The summed E-state index contributed by atoms with van der Waals surface area (Å²) in [5.41, 5.74) is 7.17. The summed E-state index contributed by atoms with van der Waals surface area (Å²) in [4.78, 5) is 7.10. The van der Waals surface area contributed by atoms with E-state index < -0.39 is 0 Å². The zero-order chi connectivity index (χ0) is 9.97. The van der Waals surface area contributed by atoms with Gasteiger partial charge in [0, 0.05) is 0 Å². The molecule has 0 aliphatic heterocycles. The molecule has 3 nitrogen and oxygen atoms in total. The van der Waals surface area contributed by atoms with Crippen molar-refractivity contribution in [2.45, 2.75) is 6.54 Å². The molecule has 6 heteroatoms. The minimum absolute atomic E-state index is 0. The van der Waals surface area contributed by atoms with E-state index in [-0.39, 0.29) is 30.6 Å². The smallest absolute Gasteiger partial charge is 0.123 e. The molecule has 16 heavy (non-hydrogen) atoms. The molecule has 0 fully saturated rings. The molecule has 0 radical (unpaired) electrons. The number of benzene rings is 1. The van der Waals surface area contributed by atoms with Gasteiger partial charge in [0.25, 0.3) is 0 Å². The number of imidazole rings is 1. The third kappa shape index (κ3) is 3.20. The Balaban J connectivity index is 0.00000112. The van der Waals surface area contributed by atoms with Crippen molar-refractivity contribution in [1.82, 2.24) is 9.97 Å². The van der Waals surface area contributed by atoms with Crippen LogP contribution in [0.15, 0.2) is 30.5 Å². The van der Waals surface area contributed by atoms with Crippen molar-refractivity contribution >= 4 is 24.8 Å². The number of nitrogens with zero attached hydrogens (tertiary/aromatic N) is 1. The van der Waals surface area contributed by atoms with Gasteiger partial charge in [0.1, 0.15) is 11.6 Å². The summed E-state index contributed by atoms with van der Waals surface area (Å²) in [5, 5.41) is 0. The van der Waals surface area contributed by atoms with Gasteiger partial charge >= 0.3 is 0 Å². The molecule has 0 saturated heterocycles. The Kier molecular flexibility index (Phi) is 6.03. The summed E-state index contributed by atoms with van der Waals surface area (Å²) in [6, 6.07) is 6.23. The molecular weight excluding hydrogens is 252 g/mol. The maximum atomic E-state index is 12.6. The fourth-order valence-corrected chi connectivity index (χ4v) is 1.24. The molecule has 0 bridgehead atoms.